The summed E-state index contributed by atoms with van der Waals surface area (Å²) in [6, 6.07) is 42.9. The molecule has 0 saturated heterocycles. The Morgan fingerprint density at radius 3 is 1.90 bits per heavy atom. The largest absolute Gasteiger partial charge is 0.507 e. The lowest BCUT2D eigenvalue weighted by atomic mass is 9.79. The number of nitrogens with zero attached hydrogens (tertiary/aromatic N) is 3. The fourth-order valence-electron chi connectivity index (χ4n) is 7.97. The highest BCUT2D eigenvalue weighted by molar-refractivity contribution is 5.98. The number of fused-ring (bicyclic) bond motifs is 1. The topological polar surface area (TPSA) is 50.9 Å². The van der Waals surface area contributed by atoms with Crippen molar-refractivity contribution >= 4 is 11.0 Å². The normalized spacial score (nSPS) is 14.2. The van der Waals surface area contributed by atoms with Gasteiger partial charge in [0.15, 0.2) is 0 Å². The van der Waals surface area contributed by atoms with Crippen LogP contribution in [0.5, 0.6) is 5.75 Å². The molecular weight excluding hydrogens is 731 g/mol. The smallest absolute Gasteiger partial charge is 0.149 e. The van der Waals surface area contributed by atoms with Crippen LogP contribution in [0.3, 0.4) is 0 Å². The lowest BCUT2D eigenvalue weighted by molar-refractivity contribution is 0.446. The summed E-state index contributed by atoms with van der Waals surface area (Å²) in [5.41, 5.74) is 11.7. The van der Waals surface area contributed by atoms with E-state index in [1.807, 2.05) is 54.6 Å². The van der Waals surface area contributed by atoms with Gasteiger partial charge in [-0.25, -0.2) is 4.98 Å². The van der Waals surface area contributed by atoms with E-state index in [-0.39, 0.29) is 27.7 Å². The lowest BCUT2D eigenvalue weighted by Gasteiger charge is -2.28. The molecule has 4 heteroatoms. The van der Waals surface area contributed by atoms with Gasteiger partial charge in [-0.1, -0.05) is 153 Å². The second kappa shape index (κ2) is 15.1. The average Bonchev–Trinajstić information content (AvgIpc) is 3.64. The number of hydrogen-bond donors (Lipinski definition) is 1. The molecule has 0 atom stereocenters. The number of imidazole rings is 1. The third-order valence-electron chi connectivity index (χ3n) is 11.4. The van der Waals surface area contributed by atoms with Gasteiger partial charge >= 0.3 is 0 Å². The molecule has 2 heterocycles. The maximum Gasteiger partial charge on any atom is 0.149 e. The molecule has 0 spiro atoms. The fourth-order valence-corrected chi connectivity index (χ4v) is 7.97. The van der Waals surface area contributed by atoms with Crippen molar-refractivity contribution < 1.29 is 13.3 Å². The Morgan fingerprint density at radius 1 is 0.517 bits per heavy atom. The van der Waals surface area contributed by atoms with Crippen LogP contribution < -0.4 is 0 Å². The quantitative estimate of drug-likeness (QED) is 0.182. The Morgan fingerprint density at radius 2 is 1.22 bits per heavy atom. The van der Waals surface area contributed by atoms with Crippen molar-refractivity contribution in [3.05, 3.63) is 167 Å². The third-order valence-corrected chi connectivity index (χ3v) is 11.4. The Balaban J connectivity index is 1.43. The van der Waals surface area contributed by atoms with E-state index in [2.05, 4.69) is 109 Å². The first kappa shape index (κ1) is 33.6. The number of aromatic hydroxyl groups is 1. The number of hydrogen-bond acceptors (Lipinski definition) is 3. The minimum atomic E-state index is -2.45. The SMILES string of the molecule is [2H]C([2H])([2H])c1ccc(-c2ccnc(-c3cc(-c4cccc5c4nc(-c4cc(C(C)(C)C)cc(C(C)(C)C)c4O)n5-c4ccc(C(C)(C)C)cc4-c4ccccc4)cc(C([2H])([2H])[2H])c3)c2)cc1. The number of phenolic OH excluding ortho intramolecular Hbond substituents is 1. The molecule has 60 heavy (non-hydrogen) atoms. The molecule has 0 aliphatic heterocycles. The highest BCUT2D eigenvalue weighted by Crippen LogP contribution is 2.46. The minimum absolute atomic E-state index is 0.139. The van der Waals surface area contributed by atoms with Gasteiger partial charge in [0.1, 0.15) is 11.6 Å². The molecule has 0 bridgehead atoms. The third kappa shape index (κ3) is 7.79. The van der Waals surface area contributed by atoms with Crippen molar-refractivity contribution in [1.29, 1.82) is 0 Å². The molecule has 0 amide bonds. The Bertz CT molecular complexity index is 3110. The van der Waals surface area contributed by atoms with E-state index in [1.54, 1.807) is 42.6 Å². The van der Waals surface area contributed by atoms with Gasteiger partial charge in [-0.15, -0.1) is 0 Å². The van der Waals surface area contributed by atoms with Crippen LogP contribution in [0.2, 0.25) is 0 Å². The second-order valence-electron chi connectivity index (χ2n) is 19.0. The van der Waals surface area contributed by atoms with Crippen LogP contribution in [0, 0.1) is 13.7 Å². The molecule has 0 saturated carbocycles. The molecule has 0 fully saturated rings. The van der Waals surface area contributed by atoms with Crippen LogP contribution in [-0.2, 0) is 16.2 Å². The van der Waals surface area contributed by atoms with Crippen LogP contribution in [0.25, 0.3) is 72.7 Å². The second-order valence-corrected chi connectivity index (χ2v) is 19.0. The summed E-state index contributed by atoms with van der Waals surface area (Å²) in [6.07, 6.45) is 1.68. The Kier molecular flexibility index (Phi) is 8.44. The average molecular weight is 794 g/mol. The van der Waals surface area contributed by atoms with Crippen molar-refractivity contribution in [3.8, 4) is 67.5 Å². The van der Waals surface area contributed by atoms with Gasteiger partial charge in [-0.3, -0.25) is 9.55 Å². The first-order valence-corrected chi connectivity index (χ1v) is 20.6. The number of pyridine rings is 1. The zero-order valence-electron chi connectivity index (χ0n) is 42.1. The number of phenols is 1. The van der Waals surface area contributed by atoms with E-state index in [1.165, 1.54) is 5.56 Å². The van der Waals surface area contributed by atoms with Gasteiger partial charge in [0, 0.05) is 36.7 Å². The molecule has 1 N–H and O–H groups in total. The summed E-state index contributed by atoms with van der Waals surface area (Å²) in [5, 5.41) is 12.5. The number of benzene rings is 6. The van der Waals surface area contributed by atoms with E-state index in [0.29, 0.717) is 39.3 Å². The number of para-hydroxylation sites is 1. The summed E-state index contributed by atoms with van der Waals surface area (Å²) < 4.78 is 51.4. The Labute approximate surface area is 365 Å². The van der Waals surface area contributed by atoms with E-state index in [0.717, 1.165) is 44.6 Å². The van der Waals surface area contributed by atoms with Crippen LogP contribution in [-0.4, -0.2) is 19.6 Å². The molecule has 8 rings (SSSR count). The van der Waals surface area contributed by atoms with E-state index >= 15 is 0 Å². The van der Waals surface area contributed by atoms with Crippen LogP contribution >= 0.6 is 0 Å². The maximum atomic E-state index is 12.5. The molecule has 2 aromatic heterocycles. The van der Waals surface area contributed by atoms with Crippen molar-refractivity contribution in [3.63, 3.8) is 0 Å². The monoisotopic (exact) mass is 793 g/mol. The standard InChI is InChI=1S/C56H57N3O/c1-35-20-22-37(23-21-35)39-26-27-57-48(31-39)41-29-36(2)28-40(30-41)44-18-15-19-50-51(44)58-53(46-33-43(55(6,7)8)34-47(52(46)60)56(9,10)11)59(50)49-25-24-42(54(3,4)5)32-45(49)38-16-13-12-14-17-38/h12-34,60H,1-11H3/i1D3,2D3. The highest BCUT2D eigenvalue weighted by Gasteiger charge is 2.29. The molecule has 0 radical (unpaired) electrons. The van der Waals surface area contributed by atoms with Gasteiger partial charge in [0.25, 0.3) is 0 Å². The van der Waals surface area contributed by atoms with Gasteiger partial charge in [-0.05, 0) is 117 Å². The first-order valence-electron chi connectivity index (χ1n) is 23.6. The number of aryl methyl sites for hydroxylation is 2. The van der Waals surface area contributed by atoms with E-state index in [4.69, 9.17) is 18.2 Å². The summed E-state index contributed by atoms with van der Waals surface area (Å²) in [6.45, 7) is 14.8. The zero-order valence-corrected chi connectivity index (χ0v) is 36.1. The number of aromatic nitrogens is 3. The lowest BCUT2D eigenvalue weighted by Crippen LogP contribution is -2.17. The predicted octanol–water partition coefficient (Wildman–Crippen LogP) is 15.0. The van der Waals surface area contributed by atoms with Gasteiger partial charge in [-0.2, -0.15) is 0 Å². The minimum Gasteiger partial charge on any atom is -0.507 e. The van der Waals surface area contributed by atoms with Crippen LogP contribution in [0.15, 0.2) is 140 Å². The summed E-state index contributed by atoms with van der Waals surface area (Å²) in [5.74, 6) is 0.713. The summed E-state index contributed by atoms with van der Waals surface area (Å²) in [4.78, 5) is 10.2. The van der Waals surface area contributed by atoms with Crippen molar-refractivity contribution in [2.24, 2.45) is 0 Å². The molecule has 8 aromatic rings. The van der Waals surface area contributed by atoms with Crippen LogP contribution in [0.1, 0.15) is 98.4 Å². The molecule has 4 nitrogen and oxygen atoms in total. The van der Waals surface area contributed by atoms with Gasteiger partial charge in [0.2, 0.25) is 0 Å². The molecular formula is C56H57N3O. The molecule has 0 aliphatic rings. The van der Waals surface area contributed by atoms with Crippen molar-refractivity contribution in [2.45, 2.75) is 92.3 Å². The highest BCUT2D eigenvalue weighted by atomic mass is 16.3. The van der Waals surface area contributed by atoms with Gasteiger partial charge in [0.05, 0.1) is 28.0 Å². The Hall–Kier alpha value is -6.26. The van der Waals surface area contributed by atoms with Crippen molar-refractivity contribution in [1.82, 2.24) is 14.5 Å². The zero-order chi connectivity index (χ0) is 47.7. The van der Waals surface area contributed by atoms with Crippen molar-refractivity contribution in [2.75, 3.05) is 0 Å². The van der Waals surface area contributed by atoms with E-state index in [9.17, 15) is 5.11 Å². The van der Waals surface area contributed by atoms with Crippen LogP contribution in [0.4, 0.5) is 0 Å². The first-order chi connectivity index (χ1) is 30.8. The molecule has 302 valence electrons. The molecule has 6 aromatic carbocycles. The summed E-state index contributed by atoms with van der Waals surface area (Å²) in [7, 11) is 0. The van der Waals surface area contributed by atoms with Gasteiger partial charge < -0.3 is 5.11 Å². The summed E-state index contributed by atoms with van der Waals surface area (Å²) >= 11 is 0. The van der Waals surface area contributed by atoms with E-state index < -0.39 is 19.1 Å². The molecule has 0 unspecified atom stereocenters. The predicted molar refractivity (Wildman–Crippen MR) is 253 cm³/mol. The molecule has 0 aliphatic carbocycles. The fraction of sp³-hybridized carbons (Fsp3) is 0.250. The maximum absolute atomic E-state index is 12.5. The number of rotatable bonds is 6.